The summed E-state index contributed by atoms with van der Waals surface area (Å²) >= 11 is 1.66. The summed E-state index contributed by atoms with van der Waals surface area (Å²) in [6, 6.07) is 4.15. The van der Waals surface area contributed by atoms with Crippen LogP contribution < -0.4 is 5.32 Å². The van der Waals surface area contributed by atoms with Crippen molar-refractivity contribution in [3.05, 3.63) is 22.4 Å². The number of thiophene rings is 1. The molecule has 2 rings (SSSR count). The molecule has 6 heteroatoms. The number of nitrogens with zero attached hydrogens (tertiary/aromatic N) is 1. The largest absolute Gasteiger partial charge is 0.318 e. The molecule has 0 radical (unpaired) electrons. The van der Waals surface area contributed by atoms with E-state index in [2.05, 4.69) is 18.3 Å². The molecule has 1 aromatic heterocycles. The second-order valence-electron chi connectivity index (χ2n) is 5.88. The molecule has 1 amide bonds. The molecule has 1 fully saturated rings. The average molecular weight is 329 g/mol. The first-order valence-electron chi connectivity index (χ1n) is 7.33. The summed E-state index contributed by atoms with van der Waals surface area (Å²) in [5, 5.41) is 5.53. The number of nitrogens with one attached hydrogen (secondary N) is 1. The monoisotopic (exact) mass is 328 g/mol. The van der Waals surface area contributed by atoms with Gasteiger partial charge in [-0.1, -0.05) is 13.0 Å². The van der Waals surface area contributed by atoms with Gasteiger partial charge in [0, 0.05) is 33.7 Å². The van der Waals surface area contributed by atoms with Crippen LogP contribution in [0.2, 0.25) is 0 Å². The van der Waals surface area contributed by atoms with Crippen LogP contribution in [0, 0.1) is 0 Å². The molecule has 4 atom stereocenters. The SMILES string of the molecule is CCC1(C)NC(c2cccs2)N(C(C)CCS(C)=O)C1=O. The van der Waals surface area contributed by atoms with E-state index in [0.29, 0.717) is 5.75 Å². The van der Waals surface area contributed by atoms with Crippen LogP contribution >= 0.6 is 11.3 Å². The zero-order valence-corrected chi connectivity index (χ0v) is 14.7. The Morgan fingerprint density at radius 3 is 2.81 bits per heavy atom. The zero-order chi connectivity index (χ0) is 15.6. The van der Waals surface area contributed by atoms with Gasteiger partial charge in [-0.15, -0.1) is 11.3 Å². The van der Waals surface area contributed by atoms with Crippen molar-refractivity contribution in [2.24, 2.45) is 0 Å². The smallest absolute Gasteiger partial charge is 0.244 e. The van der Waals surface area contributed by atoms with Crippen molar-refractivity contribution in [1.29, 1.82) is 0 Å². The minimum absolute atomic E-state index is 0.0669. The van der Waals surface area contributed by atoms with Crippen LogP contribution in [-0.4, -0.2) is 38.6 Å². The van der Waals surface area contributed by atoms with Crippen LogP contribution in [0.25, 0.3) is 0 Å². The van der Waals surface area contributed by atoms with Crippen LogP contribution in [-0.2, 0) is 15.6 Å². The highest BCUT2D eigenvalue weighted by atomic mass is 32.2. The van der Waals surface area contributed by atoms with Gasteiger partial charge in [-0.05, 0) is 38.1 Å². The second-order valence-corrected chi connectivity index (χ2v) is 8.41. The molecule has 21 heavy (non-hydrogen) atoms. The quantitative estimate of drug-likeness (QED) is 0.873. The molecular weight excluding hydrogens is 304 g/mol. The van der Waals surface area contributed by atoms with Gasteiger partial charge in [0.05, 0.1) is 5.54 Å². The van der Waals surface area contributed by atoms with Crippen molar-refractivity contribution in [2.75, 3.05) is 12.0 Å². The van der Waals surface area contributed by atoms with E-state index < -0.39 is 16.3 Å². The Labute approximate surface area is 133 Å². The molecule has 0 bridgehead atoms. The molecule has 2 heterocycles. The molecule has 1 N–H and O–H groups in total. The number of carbonyl (C=O) groups excluding carboxylic acids is 1. The minimum atomic E-state index is -0.822. The molecular formula is C15H24N2O2S2. The van der Waals surface area contributed by atoms with Crippen molar-refractivity contribution >= 4 is 28.0 Å². The molecule has 118 valence electrons. The second kappa shape index (κ2) is 6.58. The van der Waals surface area contributed by atoms with E-state index in [1.165, 1.54) is 0 Å². The standard InChI is InChI=1S/C15H24N2O2S2/c1-5-15(3)14(18)17(11(2)8-10-21(4)19)13(16-15)12-7-6-9-20-12/h6-7,9,11,13,16H,5,8,10H2,1-4H3. The topological polar surface area (TPSA) is 49.4 Å². The molecule has 1 aliphatic rings. The normalized spacial score (nSPS) is 28.9. The lowest BCUT2D eigenvalue weighted by Crippen LogP contribution is -2.44. The molecule has 1 aromatic rings. The van der Waals surface area contributed by atoms with E-state index in [-0.39, 0.29) is 18.1 Å². The van der Waals surface area contributed by atoms with Gasteiger partial charge in [-0.2, -0.15) is 0 Å². The van der Waals surface area contributed by atoms with Crippen molar-refractivity contribution in [3.8, 4) is 0 Å². The van der Waals surface area contributed by atoms with Gasteiger partial charge in [0.2, 0.25) is 5.91 Å². The summed E-state index contributed by atoms with van der Waals surface area (Å²) in [4.78, 5) is 15.9. The van der Waals surface area contributed by atoms with Gasteiger partial charge < -0.3 is 4.90 Å². The first-order valence-corrected chi connectivity index (χ1v) is 9.93. The lowest BCUT2D eigenvalue weighted by atomic mass is 9.99. The van der Waals surface area contributed by atoms with Gasteiger partial charge in [0.25, 0.3) is 0 Å². The van der Waals surface area contributed by atoms with Gasteiger partial charge in [0.1, 0.15) is 6.17 Å². The van der Waals surface area contributed by atoms with Gasteiger partial charge >= 0.3 is 0 Å². The first kappa shape index (κ1) is 16.6. The van der Waals surface area contributed by atoms with E-state index in [9.17, 15) is 9.00 Å². The van der Waals surface area contributed by atoms with Crippen LogP contribution in [0.4, 0.5) is 0 Å². The third-order valence-electron chi connectivity index (χ3n) is 4.26. The molecule has 0 aromatic carbocycles. The average Bonchev–Trinajstić information content (AvgIpc) is 3.05. The highest BCUT2D eigenvalue weighted by Crippen LogP contribution is 2.36. The lowest BCUT2D eigenvalue weighted by molar-refractivity contribution is -0.134. The molecule has 4 unspecified atom stereocenters. The van der Waals surface area contributed by atoms with E-state index in [1.54, 1.807) is 17.6 Å². The fourth-order valence-electron chi connectivity index (χ4n) is 2.67. The third kappa shape index (κ3) is 3.38. The maximum Gasteiger partial charge on any atom is 0.244 e. The summed E-state index contributed by atoms with van der Waals surface area (Å²) in [5.74, 6) is 0.781. The zero-order valence-electron chi connectivity index (χ0n) is 13.1. The Balaban J connectivity index is 2.25. The highest BCUT2D eigenvalue weighted by Gasteiger charge is 2.49. The molecule has 1 aliphatic heterocycles. The Morgan fingerprint density at radius 2 is 2.29 bits per heavy atom. The number of hydrogen-bond donors (Lipinski definition) is 1. The van der Waals surface area contributed by atoms with Gasteiger partial charge in [-0.25, -0.2) is 0 Å². The molecule has 0 aliphatic carbocycles. The Bertz CT molecular complexity index is 518. The van der Waals surface area contributed by atoms with Crippen LogP contribution in [0.1, 0.15) is 44.7 Å². The van der Waals surface area contributed by atoms with Gasteiger partial charge in [-0.3, -0.25) is 14.3 Å². The van der Waals surface area contributed by atoms with E-state index >= 15 is 0 Å². The minimum Gasteiger partial charge on any atom is -0.318 e. The molecule has 0 spiro atoms. The Hall–Kier alpha value is -0.720. The predicted molar refractivity (Wildman–Crippen MR) is 88.8 cm³/mol. The van der Waals surface area contributed by atoms with Crippen molar-refractivity contribution in [3.63, 3.8) is 0 Å². The van der Waals surface area contributed by atoms with E-state index in [4.69, 9.17) is 0 Å². The van der Waals surface area contributed by atoms with Crippen molar-refractivity contribution in [2.45, 2.75) is 51.4 Å². The van der Waals surface area contributed by atoms with Crippen LogP contribution in [0.15, 0.2) is 17.5 Å². The lowest BCUT2D eigenvalue weighted by Gasteiger charge is -2.30. The third-order valence-corrected chi connectivity index (χ3v) is 5.99. The summed E-state index contributed by atoms with van der Waals surface area (Å²) in [6.07, 6.45) is 3.17. The number of rotatable bonds is 6. The van der Waals surface area contributed by atoms with E-state index in [1.807, 2.05) is 30.2 Å². The molecule has 4 nitrogen and oxygen atoms in total. The van der Waals surface area contributed by atoms with Gasteiger partial charge in [0.15, 0.2) is 0 Å². The van der Waals surface area contributed by atoms with Crippen molar-refractivity contribution in [1.82, 2.24) is 10.2 Å². The highest BCUT2D eigenvalue weighted by molar-refractivity contribution is 7.84. The maximum absolute atomic E-state index is 12.8. The summed E-state index contributed by atoms with van der Waals surface area (Å²) in [7, 11) is -0.822. The van der Waals surface area contributed by atoms with Crippen LogP contribution in [0.5, 0.6) is 0 Å². The Kier molecular flexibility index (Phi) is 5.22. The van der Waals surface area contributed by atoms with Crippen molar-refractivity contribution < 1.29 is 9.00 Å². The maximum atomic E-state index is 12.8. The number of carbonyl (C=O) groups is 1. The first-order chi connectivity index (χ1) is 9.89. The fraction of sp³-hybridized carbons (Fsp3) is 0.667. The Morgan fingerprint density at radius 1 is 1.57 bits per heavy atom. The molecule has 1 saturated heterocycles. The number of hydrogen-bond acceptors (Lipinski definition) is 4. The van der Waals surface area contributed by atoms with E-state index in [0.717, 1.165) is 17.7 Å². The summed E-state index contributed by atoms with van der Waals surface area (Å²) < 4.78 is 11.3. The van der Waals surface area contributed by atoms with Crippen LogP contribution in [0.3, 0.4) is 0 Å². The fourth-order valence-corrected chi connectivity index (χ4v) is 4.12. The number of amides is 1. The summed E-state index contributed by atoms with van der Waals surface area (Å²) in [5.41, 5.74) is -0.506. The molecule has 0 saturated carbocycles. The predicted octanol–water partition coefficient (Wildman–Crippen LogP) is 2.50. The summed E-state index contributed by atoms with van der Waals surface area (Å²) in [6.45, 7) is 6.06.